The highest BCUT2D eigenvalue weighted by Gasteiger charge is 2.27. The van der Waals surface area contributed by atoms with Crippen molar-refractivity contribution in [3.63, 3.8) is 0 Å². The van der Waals surface area contributed by atoms with Gasteiger partial charge in [0.2, 0.25) is 0 Å². The molecule has 2 aromatic rings. The maximum atomic E-state index is 9.32. The van der Waals surface area contributed by atoms with Gasteiger partial charge in [0.05, 0.1) is 17.3 Å². The van der Waals surface area contributed by atoms with Gasteiger partial charge in [-0.2, -0.15) is 5.26 Å². The molecule has 1 aliphatic rings. The van der Waals surface area contributed by atoms with Crippen LogP contribution in [-0.2, 0) is 0 Å². The minimum absolute atomic E-state index is 0.314. The Bertz CT molecular complexity index is 639. The van der Waals surface area contributed by atoms with Crippen LogP contribution in [0.1, 0.15) is 42.2 Å². The van der Waals surface area contributed by atoms with Crippen LogP contribution in [0.2, 0.25) is 0 Å². The zero-order valence-electron chi connectivity index (χ0n) is 11.7. The third-order valence-corrected chi connectivity index (χ3v) is 5.58. The zero-order chi connectivity index (χ0) is 14.7. The maximum absolute atomic E-state index is 9.32. The third-order valence-electron chi connectivity index (χ3n) is 4.13. The largest absolute Gasteiger partial charge is 0.376 e. The molecular weight excluding hydrogens is 344 g/mol. The molecule has 1 aromatic carbocycles. The van der Waals surface area contributed by atoms with Gasteiger partial charge in [0, 0.05) is 9.35 Å². The molecular formula is C17H17BrN2S. The molecule has 1 fully saturated rings. The number of thiophene rings is 1. The number of hydrogen-bond acceptors (Lipinski definition) is 3. The van der Waals surface area contributed by atoms with Gasteiger partial charge in [-0.25, -0.2) is 0 Å². The molecule has 1 atom stereocenters. The van der Waals surface area contributed by atoms with Crippen molar-refractivity contribution in [3.05, 3.63) is 50.6 Å². The molecule has 0 saturated heterocycles. The van der Waals surface area contributed by atoms with E-state index in [0.717, 1.165) is 10.2 Å². The summed E-state index contributed by atoms with van der Waals surface area (Å²) in [5, 5.41) is 15.1. The number of nitrogens with one attached hydrogen (secondary N) is 1. The lowest BCUT2D eigenvalue weighted by atomic mass is 9.96. The number of benzene rings is 1. The van der Waals surface area contributed by atoms with E-state index in [1.165, 1.54) is 30.6 Å². The lowest BCUT2D eigenvalue weighted by Crippen LogP contribution is -2.18. The van der Waals surface area contributed by atoms with Crippen molar-refractivity contribution >= 4 is 33.0 Å². The van der Waals surface area contributed by atoms with Crippen molar-refractivity contribution in [1.29, 1.82) is 5.26 Å². The Labute approximate surface area is 137 Å². The monoisotopic (exact) mass is 360 g/mol. The first-order chi connectivity index (χ1) is 10.3. The average Bonchev–Trinajstić information content (AvgIpc) is 3.18. The topological polar surface area (TPSA) is 35.8 Å². The molecule has 0 bridgehead atoms. The van der Waals surface area contributed by atoms with Crippen molar-refractivity contribution in [1.82, 2.24) is 0 Å². The normalized spacial score (nSPS) is 16.6. The molecule has 1 unspecified atom stereocenters. The molecule has 21 heavy (non-hydrogen) atoms. The first-order valence-electron chi connectivity index (χ1n) is 7.27. The number of nitrogens with zero attached hydrogens (tertiary/aromatic N) is 1. The van der Waals surface area contributed by atoms with E-state index in [1.54, 1.807) is 11.3 Å². The third kappa shape index (κ3) is 3.30. The Morgan fingerprint density at radius 1 is 1.29 bits per heavy atom. The summed E-state index contributed by atoms with van der Waals surface area (Å²) >= 11 is 5.30. The van der Waals surface area contributed by atoms with Gasteiger partial charge in [-0.15, -0.1) is 11.3 Å². The number of halogens is 1. The predicted molar refractivity (Wildman–Crippen MR) is 91.5 cm³/mol. The van der Waals surface area contributed by atoms with Gasteiger partial charge in [0.15, 0.2) is 0 Å². The van der Waals surface area contributed by atoms with Crippen LogP contribution in [0.15, 0.2) is 40.2 Å². The molecule has 3 rings (SSSR count). The standard InChI is InChI=1S/C17H17BrN2S/c18-14-8-7-13(11-19)15(10-14)20-17(12-4-1-2-5-12)16-6-3-9-21-16/h3,6-10,12,17,20H,1-2,4-5H2. The Morgan fingerprint density at radius 2 is 2.10 bits per heavy atom. The van der Waals surface area contributed by atoms with Crippen LogP contribution >= 0.6 is 27.3 Å². The van der Waals surface area contributed by atoms with Gasteiger partial charge in [0.1, 0.15) is 6.07 Å². The predicted octanol–water partition coefficient (Wildman–Crippen LogP) is 5.73. The molecule has 0 radical (unpaired) electrons. The van der Waals surface area contributed by atoms with E-state index in [1.807, 2.05) is 18.2 Å². The first kappa shape index (κ1) is 14.6. The summed E-state index contributed by atoms with van der Waals surface area (Å²) in [6.07, 6.45) is 5.17. The maximum Gasteiger partial charge on any atom is 0.101 e. The van der Waals surface area contributed by atoms with Crippen molar-refractivity contribution in [2.45, 2.75) is 31.7 Å². The van der Waals surface area contributed by atoms with Crippen molar-refractivity contribution in [2.24, 2.45) is 5.92 Å². The Morgan fingerprint density at radius 3 is 2.76 bits per heavy atom. The molecule has 1 heterocycles. The molecule has 0 amide bonds. The summed E-state index contributed by atoms with van der Waals surface area (Å²) < 4.78 is 1.00. The van der Waals surface area contributed by atoms with Gasteiger partial charge >= 0.3 is 0 Å². The van der Waals surface area contributed by atoms with E-state index in [4.69, 9.17) is 0 Å². The Kier molecular flexibility index (Phi) is 4.62. The van der Waals surface area contributed by atoms with Crippen LogP contribution in [0.5, 0.6) is 0 Å². The van der Waals surface area contributed by atoms with E-state index in [9.17, 15) is 5.26 Å². The van der Waals surface area contributed by atoms with E-state index < -0.39 is 0 Å². The van der Waals surface area contributed by atoms with Crippen LogP contribution in [0, 0.1) is 17.2 Å². The van der Waals surface area contributed by atoms with Crippen molar-refractivity contribution in [3.8, 4) is 6.07 Å². The fraction of sp³-hybridized carbons (Fsp3) is 0.353. The molecule has 1 aromatic heterocycles. The molecule has 4 heteroatoms. The summed E-state index contributed by atoms with van der Waals surface area (Å²) in [6, 6.07) is 12.7. The van der Waals surface area contributed by atoms with Crippen LogP contribution in [0.25, 0.3) is 0 Å². The average molecular weight is 361 g/mol. The molecule has 0 spiro atoms. The molecule has 1 saturated carbocycles. The highest BCUT2D eigenvalue weighted by Crippen LogP contribution is 2.40. The van der Waals surface area contributed by atoms with Gasteiger partial charge in [0.25, 0.3) is 0 Å². The van der Waals surface area contributed by atoms with Gasteiger partial charge in [-0.1, -0.05) is 34.8 Å². The van der Waals surface area contributed by atoms with Crippen LogP contribution in [0.3, 0.4) is 0 Å². The summed E-state index contributed by atoms with van der Waals surface area (Å²) in [6.45, 7) is 0. The fourth-order valence-electron chi connectivity index (χ4n) is 3.08. The Balaban J connectivity index is 1.91. The SMILES string of the molecule is N#Cc1ccc(Br)cc1NC(c1cccs1)C1CCCC1. The summed E-state index contributed by atoms with van der Waals surface area (Å²) in [5.41, 5.74) is 1.63. The summed E-state index contributed by atoms with van der Waals surface area (Å²) in [4.78, 5) is 1.37. The van der Waals surface area contributed by atoms with Gasteiger partial charge in [-0.3, -0.25) is 0 Å². The van der Waals surface area contributed by atoms with Crippen LogP contribution in [0.4, 0.5) is 5.69 Å². The molecule has 1 aliphatic carbocycles. The van der Waals surface area contributed by atoms with E-state index in [-0.39, 0.29) is 0 Å². The lowest BCUT2D eigenvalue weighted by Gasteiger charge is -2.25. The second kappa shape index (κ2) is 6.64. The van der Waals surface area contributed by atoms with E-state index in [0.29, 0.717) is 17.5 Å². The number of nitriles is 1. The van der Waals surface area contributed by atoms with E-state index >= 15 is 0 Å². The molecule has 1 N–H and O–H groups in total. The summed E-state index contributed by atoms with van der Waals surface area (Å²) in [5.74, 6) is 0.661. The summed E-state index contributed by atoms with van der Waals surface area (Å²) in [7, 11) is 0. The quantitative estimate of drug-likeness (QED) is 0.755. The minimum atomic E-state index is 0.314. The minimum Gasteiger partial charge on any atom is -0.376 e. The van der Waals surface area contributed by atoms with Crippen molar-refractivity contribution in [2.75, 3.05) is 5.32 Å². The molecule has 108 valence electrons. The first-order valence-corrected chi connectivity index (χ1v) is 8.95. The second-order valence-corrected chi connectivity index (χ2v) is 7.38. The smallest absolute Gasteiger partial charge is 0.101 e. The van der Waals surface area contributed by atoms with Gasteiger partial charge < -0.3 is 5.32 Å². The number of anilines is 1. The van der Waals surface area contributed by atoms with Crippen LogP contribution < -0.4 is 5.32 Å². The van der Waals surface area contributed by atoms with E-state index in [2.05, 4.69) is 44.8 Å². The fourth-order valence-corrected chi connectivity index (χ4v) is 4.31. The van der Waals surface area contributed by atoms with Crippen molar-refractivity contribution < 1.29 is 0 Å². The molecule has 2 nitrogen and oxygen atoms in total. The van der Waals surface area contributed by atoms with Crippen LogP contribution in [-0.4, -0.2) is 0 Å². The lowest BCUT2D eigenvalue weighted by molar-refractivity contribution is 0.475. The zero-order valence-corrected chi connectivity index (χ0v) is 14.1. The Hall–Kier alpha value is -1.31. The molecule has 0 aliphatic heterocycles. The second-order valence-electron chi connectivity index (χ2n) is 5.48. The number of rotatable bonds is 4. The highest BCUT2D eigenvalue weighted by atomic mass is 79.9. The van der Waals surface area contributed by atoms with Gasteiger partial charge in [-0.05, 0) is 48.4 Å². The number of hydrogen-bond donors (Lipinski definition) is 1. The highest BCUT2D eigenvalue weighted by molar-refractivity contribution is 9.10.